The van der Waals surface area contributed by atoms with Gasteiger partial charge in [-0.2, -0.15) is 15.1 Å². The third kappa shape index (κ3) is 5.15. The molecule has 0 aliphatic carbocycles. The number of aromatic nitrogens is 6. The lowest BCUT2D eigenvalue weighted by atomic mass is 10.1. The number of pyridine rings is 1. The summed E-state index contributed by atoms with van der Waals surface area (Å²) < 4.78 is 11.8. The molecule has 0 saturated carbocycles. The highest BCUT2D eigenvalue weighted by Gasteiger charge is 2.32. The molecule has 0 bridgehead atoms. The molecule has 12 nitrogen and oxygen atoms in total. The quantitative estimate of drug-likeness (QED) is 0.340. The van der Waals surface area contributed by atoms with Crippen molar-refractivity contribution in [3.8, 4) is 17.3 Å². The Morgan fingerprint density at radius 1 is 1.13 bits per heavy atom. The highest BCUT2D eigenvalue weighted by atomic mass is 16.5. The molecule has 1 unspecified atom stereocenters. The molecule has 196 valence electrons. The van der Waals surface area contributed by atoms with Gasteiger partial charge in [0.1, 0.15) is 18.1 Å². The average molecular weight is 516 g/mol. The van der Waals surface area contributed by atoms with E-state index in [2.05, 4.69) is 30.6 Å². The zero-order chi connectivity index (χ0) is 25.9. The van der Waals surface area contributed by atoms with E-state index in [0.717, 1.165) is 49.5 Å². The maximum atomic E-state index is 12.0. The van der Waals surface area contributed by atoms with E-state index in [1.807, 2.05) is 42.2 Å². The zero-order valence-corrected chi connectivity index (χ0v) is 21.1. The largest absolute Gasteiger partial charge is 0.476 e. The normalized spacial score (nSPS) is 17.4. The van der Waals surface area contributed by atoms with Gasteiger partial charge in [-0.3, -0.25) is 14.9 Å². The van der Waals surface area contributed by atoms with E-state index in [0.29, 0.717) is 48.7 Å². The van der Waals surface area contributed by atoms with Crippen LogP contribution in [0.25, 0.3) is 11.4 Å². The number of anilines is 3. The number of nitrogens with zero attached hydrogens (tertiary/aromatic N) is 7. The van der Waals surface area contributed by atoms with Crippen molar-refractivity contribution in [1.82, 2.24) is 35.2 Å². The molecule has 4 aromatic rings. The summed E-state index contributed by atoms with van der Waals surface area (Å²) in [4.78, 5) is 29.8. The second-order valence-corrected chi connectivity index (χ2v) is 9.47. The summed E-state index contributed by atoms with van der Waals surface area (Å²) in [5, 5.41) is 14.7. The van der Waals surface area contributed by atoms with Crippen LogP contribution in [-0.2, 0) is 4.79 Å². The molecule has 0 aromatic carbocycles. The monoisotopic (exact) mass is 515 g/mol. The molecule has 2 saturated heterocycles. The highest BCUT2D eigenvalue weighted by molar-refractivity contribution is 5.78. The van der Waals surface area contributed by atoms with E-state index in [1.165, 1.54) is 0 Å². The van der Waals surface area contributed by atoms with Gasteiger partial charge in [-0.1, -0.05) is 11.2 Å². The van der Waals surface area contributed by atoms with Gasteiger partial charge >= 0.3 is 0 Å². The van der Waals surface area contributed by atoms with Crippen LogP contribution in [0.15, 0.2) is 47.1 Å². The Morgan fingerprint density at radius 3 is 2.87 bits per heavy atom. The lowest BCUT2D eigenvalue weighted by Crippen LogP contribution is -2.29. The van der Waals surface area contributed by atoms with Gasteiger partial charge < -0.3 is 24.4 Å². The first-order chi connectivity index (χ1) is 18.6. The Morgan fingerprint density at radius 2 is 2.08 bits per heavy atom. The van der Waals surface area contributed by atoms with Crippen molar-refractivity contribution < 1.29 is 14.1 Å². The lowest BCUT2D eigenvalue weighted by Gasteiger charge is -2.23. The van der Waals surface area contributed by atoms with E-state index in [-0.39, 0.29) is 11.9 Å². The molecule has 2 aliphatic rings. The first kappa shape index (κ1) is 23.9. The van der Waals surface area contributed by atoms with Crippen LogP contribution in [0, 0.1) is 6.92 Å². The summed E-state index contributed by atoms with van der Waals surface area (Å²) in [7, 11) is 0. The van der Waals surface area contributed by atoms with E-state index in [1.54, 1.807) is 12.3 Å². The van der Waals surface area contributed by atoms with Gasteiger partial charge in [-0.15, -0.1) is 0 Å². The van der Waals surface area contributed by atoms with Crippen molar-refractivity contribution in [3.63, 3.8) is 0 Å². The Kier molecular flexibility index (Phi) is 6.59. The van der Waals surface area contributed by atoms with Crippen LogP contribution >= 0.6 is 0 Å². The van der Waals surface area contributed by atoms with Crippen LogP contribution < -0.4 is 15.0 Å². The third-order valence-corrected chi connectivity index (χ3v) is 6.73. The predicted molar refractivity (Wildman–Crippen MR) is 139 cm³/mol. The number of nitrogens with one attached hydrogen (secondary N) is 2. The van der Waals surface area contributed by atoms with Crippen LogP contribution in [0.5, 0.6) is 5.88 Å². The molecule has 38 heavy (non-hydrogen) atoms. The number of H-pyrrole nitrogens is 1. The summed E-state index contributed by atoms with van der Waals surface area (Å²) in [5.41, 5.74) is 2.39. The average Bonchev–Trinajstić information content (AvgIpc) is 3.73. The molecule has 0 spiro atoms. The van der Waals surface area contributed by atoms with Gasteiger partial charge in [0.2, 0.25) is 17.7 Å². The minimum Gasteiger partial charge on any atom is -0.476 e. The zero-order valence-electron chi connectivity index (χ0n) is 21.1. The maximum Gasteiger partial charge on any atom is 0.231 e. The fraction of sp³-hybridized carbons (Fsp3) is 0.385. The van der Waals surface area contributed by atoms with E-state index in [9.17, 15) is 4.79 Å². The Labute approximate surface area is 219 Å². The van der Waals surface area contributed by atoms with Crippen molar-refractivity contribution in [2.45, 2.75) is 38.6 Å². The number of hydrogen-bond donors (Lipinski definition) is 2. The summed E-state index contributed by atoms with van der Waals surface area (Å²) >= 11 is 0. The minimum absolute atomic E-state index is 0.0714. The van der Waals surface area contributed by atoms with E-state index >= 15 is 0 Å². The van der Waals surface area contributed by atoms with Crippen LogP contribution in [-0.4, -0.2) is 67.4 Å². The second kappa shape index (κ2) is 10.5. The van der Waals surface area contributed by atoms with E-state index in [4.69, 9.17) is 19.2 Å². The topological polar surface area (TPSA) is 138 Å². The second-order valence-electron chi connectivity index (χ2n) is 9.47. The van der Waals surface area contributed by atoms with Gasteiger partial charge in [0, 0.05) is 49.6 Å². The number of hydrogen-bond acceptors (Lipinski definition) is 10. The van der Waals surface area contributed by atoms with Crippen LogP contribution in [0.4, 0.5) is 17.6 Å². The number of amides is 1. The lowest BCUT2D eigenvalue weighted by molar-refractivity contribution is -0.128. The molecule has 6 heterocycles. The molecule has 1 atom stereocenters. The molecule has 1 amide bonds. The first-order valence-corrected chi connectivity index (χ1v) is 12.9. The summed E-state index contributed by atoms with van der Waals surface area (Å²) in [6, 6.07) is 11.2. The molecule has 2 fully saturated rings. The van der Waals surface area contributed by atoms with Crippen LogP contribution in [0.1, 0.15) is 43.2 Å². The Balaban J connectivity index is 1.25. The standard InChI is InChI=1S/C26H29N9O3/c1-17-14-23(32-31-17)28-22-16-24(37-13-12-34-10-5-8-25(34)36)30-26(29-22)35-11-4-7-20(35)21-15-19(33-38-21)18-6-2-3-9-27-18/h2-3,6,9,14-16,20H,4-5,7-8,10-13H2,1H3,(H2,28,29,30,31,32). The van der Waals surface area contributed by atoms with Crippen LogP contribution in [0.2, 0.25) is 0 Å². The molecule has 4 aromatic heterocycles. The Bertz CT molecular complexity index is 1400. The summed E-state index contributed by atoms with van der Waals surface area (Å²) in [6.07, 6.45) is 5.07. The third-order valence-electron chi connectivity index (χ3n) is 6.73. The van der Waals surface area contributed by atoms with Crippen molar-refractivity contribution >= 4 is 23.5 Å². The number of rotatable bonds is 9. The van der Waals surface area contributed by atoms with Gasteiger partial charge in [0.05, 0.1) is 18.3 Å². The number of aromatic amines is 1. The number of aryl methyl sites for hydroxylation is 1. The van der Waals surface area contributed by atoms with Gasteiger partial charge in [0.15, 0.2) is 11.6 Å². The molecular formula is C26H29N9O3. The molecule has 2 aliphatic heterocycles. The molecule has 0 radical (unpaired) electrons. The fourth-order valence-corrected chi connectivity index (χ4v) is 4.88. The van der Waals surface area contributed by atoms with Crippen molar-refractivity contribution in [1.29, 1.82) is 0 Å². The van der Waals surface area contributed by atoms with Crippen LogP contribution in [0.3, 0.4) is 0 Å². The van der Waals surface area contributed by atoms with E-state index < -0.39 is 0 Å². The van der Waals surface area contributed by atoms with Gasteiger partial charge in [-0.05, 0) is 38.3 Å². The summed E-state index contributed by atoms with van der Waals surface area (Å²) in [6.45, 7) is 4.35. The number of carbonyl (C=O) groups is 1. The smallest absolute Gasteiger partial charge is 0.231 e. The Hall–Kier alpha value is -4.48. The number of likely N-dealkylation sites (tertiary alicyclic amines) is 1. The summed E-state index contributed by atoms with van der Waals surface area (Å²) in [5.74, 6) is 3.06. The SMILES string of the molecule is Cc1cc(Nc2cc(OCCN3CCCC3=O)nc(N3CCCC3c3cc(-c4ccccn4)no3)n2)n[nH]1. The number of carbonyl (C=O) groups excluding carboxylic acids is 1. The fourth-order valence-electron chi connectivity index (χ4n) is 4.88. The molecule has 12 heteroatoms. The van der Waals surface area contributed by atoms with Crippen molar-refractivity contribution in [3.05, 3.63) is 54.0 Å². The minimum atomic E-state index is -0.0714. The maximum absolute atomic E-state index is 12.0. The van der Waals surface area contributed by atoms with Gasteiger partial charge in [0.25, 0.3) is 0 Å². The first-order valence-electron chi connectivity index (χ1n) is 12.9. The number of ether oxygens (including phenoxy) is 1. The highest BCUT2D eigenvalue weighted by Crippen LogP contribution is 2.37. The molecular weight excluding hydrogens is 486 g/mol. The molecule has 2 N–H and O–H groups in total. The van der Waals surface area contributed by atoms with Crippen molar-refractivity contribution in [2.24, 2.45) is 0 Å². The molecule has 6 rings (SSSR count). The van der Waals surface area contributed by atoms with Gasteiger partial charge in [-0.25, -0.2) is 0 Å². The predicted octanol–water partition coefficient (Wildman–Crippen LogP) is 3.64. The van der Waals surface area contributed by atoms with Crippen molar-refractivity contribution in [2.75, 3.05) is 36.5 Å².